The van der Waals surface area contributed by atoms with Crippen molar-refractivity contribution in [3.63, 3.8) is 0 Å². The van der Waals surface area contributed by atoms with Crippen LogP contribution >= 0.6 is 0 Å². The summed E-state index contributed by atoms with van der Waals surface area (Å²) in [4.78, 5) is 10.6. The maximum absolute atomic E-state index is 10.6. The van der Waals surface area contributed by atoms with Gasteiger partial charge in [0.25, 0.3) is 5.95 Å². The Morgan fingerprint density at radius 1 is 1.39 bits per heavy atom. The van der Waals surface area contributed by atoms with Crippen LogP contribution in [-0.2, 0) is 0 Å². The first-order valence-electron chi connectivity index (χ1n) is 6.81. The molecule has 1 aromatic heterocycles. The summed E-state index contributed by atoms with van der Waals surface area (Å²) in [6.45, 7) is 6.76. The van der Waals surface area contributed by atoms with Crippen LogP contribution < -0.4 is 4.74 Å². The number of furan rings is 1. The van der Waals surface area contributed by atoms with Crippen LogP contribution in [0.4, 0.5) is 0 Å². The highest BCUT2D eigenvalue weighted by Gasteiger charge is 2.32. The van der Waals surface area contributed by atoms with Gasteiger partial charge >= 0.3 is 0 Å². The van der Waals surface area contributed by atoms with Crippen molar-refractivity contribution in [1.82, 2.24) is 0 Å². The van der Waals surface area contributed by atoms with Gasteiger partial charge < -0.3 is 9.15 Å². The largest absolute Gasteiger partial charge is 0.462 e. The van der Waals surface area contributed by atoms with Crippen LogP contribution in [0, 0.1) is 17.8 Å². The first kappa shape index (κ1) is 13.2. The average molecular weight is 250 g/mol. The monoisotopic (exact) mass is 250 g/mol. The summed E-state index contributed by atoms with van der Waals surface area (Å²) >= 11 is 0. The van der Waals surface area contributed by atoms with Crippen molar-refractivity contribution in [2.75, 3.05) is 0 Å². The quantitative estimate of drug-likeness (QED) is 0.760. The van der Waals surface area contributed by atoms with Crippen LogP contribution in [0.2, 0.25) is 0 Å². The highest BCUT2D eigenvalue weighted by molar-refractivity contribution is 5.70. The van der Waals surface area contributed by atoms with Crippen molar-refractivity contribution in [3.8, 4) is 5.95 Å². The van der Waals surface area contributed by atoms with Gasteiger partial charge in [-0.25, -0.2) is 0 Å². The molecule has 2 rings (SSSR count). The Morgan fingerprint density at radius 3 is 2.78 bits per heavy atom. The van der Waals surface area contributed by atoms with E-state index >= 15 is 0 Å². The second-order valence-electron chi connectivity index (χ2n) is 5.76. The third-order valence-electron chi connectivity index (χ3n) is 3.95. The molecule has 1 fully saturated rings. The lowest BCUT2D eigenvalue weighted by Gasteiger charge is -2.36. The second kappa shape index (κ2) is 5.59. The zero-order valence-electron chi connectivity index (χ0n) is 11.4. The van der Waals surface area contributed by atoms with E-state index in [1.165, 1.54) is 12.8 Å². The first-order chi connectivity index (χ1) is 8.60. The highest BCUT2D eigenvalue weighted by atomic mass is 16.6. The summed E-state index contributed by atoms with van der Waals surface area (Å²) in [5.74, 6) is 2.69. The number of aldehydes is 1. The van der Waals surface area contributed by atoms with E-state index in [0.717, 1.165) is 6.42 Å². The lowest BCUT2D eigenvalue weighted by molar-refractivity contribution is 0.0281. The summed E-state index contributed by atoms with van der Waals surface area (Å²) in [5, 5.41) is 0. The Kier molecular flexibility index (Phi) is 4.10. The maximum Gasteiger partial charge on any atom is 0.285 e. The van der Waals surface area contributed by atoms with Crippen molar-refractivity contribution < 1.29 is 13.9 Å². The number of hydrogen-bond donors (Lipinski definition) is 0. The maximum atomic E-state index is 10.6. The van der Waals surface area contributed by atoms with Gasteiger partial charge in [0.15, 0.2) is 12.0 Å². The lowest BCUT2D eigenvalue weighted by atomic mass is 9.75. The Bertz CT molecular complexity index is 394. The van der Waals surface area contributed by atoms with Crippen molar-refractivity contribution >= 4 is 6.29 Å². The summed E-state index contributed by atoms with van der Waals surface area (Å²) in [6, 6.07) is 3.39. The predicted octanol–water partition coefficient (Wildman–Crippen LogP) is 3.93. The van der Waals surface area contributed by atoms with Gasteiger partial charge in [-0.3, -0.25) is 4.79 Å². The summed E-state index contributed by atoms with van der Waals surface area (Å²) < 4.78 is 11.3. The second-order valence-corrected chi connectivity index (χ2v) is 5.76. The zero-order chi connectivity index (χ0) is 13.1. The zero-order valence-corrected chi connectivity index (χ0v) is 11.4. The summed E-state index contributed by atoms with van der Waals surface area (Å²) in [6.07, 6.45) is 4.47. The molecule has 0 N–H and O–H groups in total. The molecule has 0 aromatic carbocycles. The van der Waals surface area contributed by atoms with Gasteiger partial charge in [-0.1, -0.05) is 27.2 Å². The van der Waals surface area contributed by atoms with Gasteiger partial charge in [-0.15, -0.1) is 0 Å². The van der Waals surface area contributed by atoms with Crippen LogP contribution in [0.25, 0.3) is 0 Å². The number of carbonyl (C=O) groups is 1. The molecule has 1 aliphatic carbocycles. The molecular weight excluding hydrogens is 228 g/mol. The number of carbonyl (C=O) groups excluding carboxylic acids is 1. The standard InChI is InChI=1S/C15H22O3/c1-10(2)13-6-4-11(3)8-14(13)18-15-7-5-12(9-16)17-15/h5,7,9-11,13-14H,4,6,8H2,1-3H3. The SMILES string of the molecule is CC1CCC(C(C)C)C(Oc2ccc(C=O)o2)C1. The van der Waals surface area contributed by atoms with Gasteiger partial charge in [-0.05, 0) is 36.7 Å². The molecule has 3 atom stereocenters. The smallest absolute Gasteiger partial charge is 0.285 e. The normalized spacial score (nSPS) is 28.3. The number of ether oxygens (including phenoxy) is 1. The molecule has 0 spiro atoms. The van der Waals surface area contributed by atoms with Crippen LogP contribution in [0.15, 0.2) is 16.5 Å². The molecule has 3 unspecified atom stereocenters. The Morgan fingerprint density at radius 2 is 2.17 bits per heavy atom. The molecule has 100 valence electrons. The van der Waals surface area contributed by atoms with Crippen LogP contribution in [-0.4, -0.2) is 12.4 Å². The number of hydrogen-bond acceptors (Lipinski definition) is 3. The molecule has 0 radical (unpaired) electrons. The summed E-state index contributed by atoms with van der Waals surface area (Å²) in [5.41, 5.74) is 0. The van der Waals surface area contributed by atoms with E-state index in [0.29, 0.717) is 35.7 Å². The molecule has 3 heteroatoms. The van der Waals surface area contributed by atoms with Gasteiger partial charge in [0.05, 0.1) is 0 Å². The summed E-state index contributed by atoms with van der Waals surface area (Å²) in [7, 11) is 0. The molecule has 1 saturated carbocycles. The molecule has 1 aliphatic rings. The van der Waals surface area contributed by atoms with Crippen molar-refractivity contribution in [1.29, 1.82) is 0 Å². The Hall–Kier alpha value is -1.25. The van der Waals surface area contributed by atoms with E-state index in [9.17, 15) is 4.79 Å². The fourth-order valence-electron chi connectivity index (χ4n) is 2.86. The number of rotatable bonds is 4. The van der Waals surface area contributed by atoms with E-state index < -0.39 is 0 Å². The van der Waals surface area contributed by atoms with Crippen LogP contribution in [0.3, 0.4) is 0 Å². The lowest BCUT2D eigenvalue weighted by Crippen LogP contribution is -2.36. The molecule has 3 nitrogen and oxygen atoms in total. The average Bonchev–Trinajstić information content (AvgIpc) is 2.76. The van der Waals surface area contributed by atoms with Crippen molar-refractivity contribution in [2.24, 2.45) is 17.8 Å². The van der Waals surface area contributed by atoms with Crippen LogP contribution in [0.1, 0.15) is 50.6 Å². The van der Waals surface area contributed by atoms with E-state index in [4.69, 9.17) is 9.15 Å². The molecule has 1 heterocycles. The van der Waals surface area contributed by atoms with Gasteiger partial charge in [-0.2, -0.15) is 0 Å². The topological polar surface area (TPSA) is 39.4 Å². The van der Waals surface area contributed by atoms with Gasteiger partial charge in [0.2, 0.25) is 0 Å². The van der Waals surface area contributed by atoms with Crippen molar-refractivity contribution in [2.45, 2.75) is 46.1 Å². The predicted molar refractivity (Wildman–Crippen MR) is 69.9 cm³/mol. The van der Waals surface area contributed by atoms with Crippen LogP contribution in [0.5, 0.6) is 5.95 Å². The van der Waals surface area contributed by atoms with Gasteiger partial charge in [0, 0.05) is 6.07 Å². The molecule has 18 heavy (non-hydrogen) atoms. The minimum atomic E-state index is 0.208. The van der Waals surface area contributed by atoms with E-state index in [-0.39, 0.29) is 6.10 Å². The van der Waals surface area contributed by atoms with Crippen molar-refractivity contribution in [3.05, 3.63) is 17.9 Å². The molecular formula is C15H22O3. The van der Waals surface area contributed by atoms with E-state index in [1.807, 2.05) is 0 Å². The third kappa shape index (κ3) is 2.95. The fraction of sp³-hybridized carbons (Fsp3) is 0.667. The minimum Gasteiger partial charge on any atom is -0.462 e. The Labute approximate surface area is 109 Å². The highest BCUT2D eigenvalue weighted by Crippen LogP contribution is 2.36. The molecule has 0 bridgehead atoms. The molecule has 0 saturated heterocycles. The molecule has 0 amide bonds. The third-order valence-corrected chi connectivity index (χ3v) is 3.95. The van der Waals surface area contributed by atoms with E-state index in [2.05, 4.69) is 20.8 Å². The van der Waals surface area contributed by atoms with Gasteiger partial charge in [0.1, 0.15) is 6.10 Å². The van der Waals surface area contributed by atoms with E-state index in [1.54, 1.807) is 12.1 Å². The molecule has 1 aromatic rings. The molecule has 0 aliphatic heterocycles. The fourth-order valence-corrected chi connectivity index (χ4v) is 2.86. The Balaban J connectivity index is 2.06. The first-order valence-corrected chi connectivity index (χ1v) is 6.81. The minimum absolute atomic E-state index is 0.208.